The van der Waals surface area contributed by atoms with Crippen LogP contribution in [0.2, 0.25) is 0 Å². The van der Waals surface area contributed by atoms with E-state index in [4.69, 9.17) is 4.74 Å². The Balaban J connectivity index is 1.44. The highest BCUT2D eigenvalue weighted by molar-refractivity contribution is 4.91. The zero-order valence-corrected chi connectivity index (χ0v) is 12.5. The zero-order valence-electron chi connectivity index (χ0n) is 12.5. The summed E-state index contributed by atoms with van der Waals surface area (Å²) in [6, 6.07) is 1.35. The highest BCUT2D eigenvalue weighted by Gasteiger charge is 2.34. The van der Waals surface area contributed by atoms with Gasteiger partial charge in [-0.1, -0.05) is 0 Å². The molecule has 2 bridgehead atoms. The van der Waals surface area contributed by atoms with Crippen molar-refractivity contribution < 1.29 is 4.74 Å². The topological polar surface area (TPSA) is 27.7 Å². The predicted molar refractivity (Wildman–Crippen MR) is 77.4 cm³/mol. The van der Waals surface area contributed by atoms with Crippen molar-refractivity contribution in [3.8, 4) is 0 Å². The summed E-state index contributed by atoms with van der Waals surface area (Å²) in [5.74, 6) is 0.912. The second kappa shape index (κ2) is 6.08. The summed E-state index contributed by atoms with van der Waals surface area (Å²) < 4.78 is 5.91. The molecule has 0 amide bonds. The molecular weight excluding hydrogens is 238 g/mol. The lowest BCUT2D eigenvalue weighted by Crippen LogP contribution is -2.58. The van der Waals surface area contributed by atoms with Gasteiger partial charge in [-0.2, -0.15) is 0 Å². The summed E-state index contributed by atoms with van der Waals surface area (Å²) >= 11 is 0. The first-order valence-electron chi connectivity index (χ1n) is 8.04. The summed E-state index contributed by atoms with van der Waals surface area (Å²) in [7, 11) is 0. The summed E-state index contributed by atoms with van der Waals surface area (Å²) in [5, 5.41) is 3.79. The lowest BCUT2D eigenvalue weighted by atomic mass is 9.84. The molecule has 0 saturated carbocycles. The van der Waals surface area contributed by atoms with Crippen molar-refractivity contribution >= 4 is 0 Å². The molecule has 0 spiro atoms. The second-order valence-electron chi connectivity index (χ2n) is 6.73. The molecule has 4 saturated heterocycles. The third-order valence-electron chi connectivity index (χ3n) is 5.16. The molecule has 2 unspecified atom stereocenters. The van der Waals surface area contributed by atoms with E-state index in [1.54, 1.807) is 0 Å². The molecule has 4 rings (SSSR count). The summed E-state index contributed by atoms with van der Waals surface area (Å²) in [4.78, 5) is 5.15. The number of hydrogen-bond acceptors (Lipinski definition) is 4. The average molecular weight is 267 g/mol. The Hall–Kier alpha value is -0.160. The first-order valence-corrected chi connectivity index (χ1v) is 8.04. The van der Waals surface area contributed by atoms with Crippen LogP contribution in [-0.4, -0.2) is 73.9 Å². The number of ether oxygens (including phenoxy) is 1. The van der Waals surface area contributed by atoms with E-state index in [-0.39, 0.29) is 0 Å². The van der Waals surface area contributed by atoms with Gasteiger partial charge in [-0.25, -0.2) is 0 Å². The van der Waals surface area contributed by atoms with Crippen molar-refractivity contribution in [2.45, 2.75) is 44.9 Å². The van der Waals surface area contributed by atoms with Crippen LogP contribution < -0.4 is 5.32 Å². The number of nitrogens with one attached hydrogen (secondary N) is 1. The van der Waals surface area contributed by atoms with Crippen LogP contribution in [-0.2, 0) is 4.74 Å². The first kappa shape index (κ1) is 13.8. The van der Waals surface area contributed by atoms with E-state index in [2.05, 4.69) is 29.0 Å². The molecule has 2 atom stereocenters. The fourth-order valence-corrected chi connectivity index (χ4v) is 3.81. The molecule has 0 aliphatic carbocycles. The van der Waals surface area contributed by atoms with Crippen LogP contribution in [0.5, 0.6) is 0 Å². The van der Waals surface area contributed by atoms with Gasteiger partial charge >= 0.3 is 0 Å². The Morgan fingerprint density at radius 3 is 2.58 bits per heavy atom. The standard InChI is InChI=1S/C15H29N3O/c1-12(2)18-7-8-19-14(10-18)9-16-15-11-17-5-3-13(15)4-6-17/h12-16H,3-11H2,1-2H3. The molecule has 4 heterocycles. The molecule has 4 fully saturated rings. The Labute approximate surface area is 117 Å². The normalized spacial score (nSPS) is 39.9. The molecule has 19 heavy (non-hydrogen) atoms. The summed E-state index contributed by atoms with van der Waals surface area (Å²) in [6.45, 7) is 12.6. The van der Waals surface area contributed by atoms with Gasteiger partial charge in [0.2, 0.25) is 0 Å². The van der Waals surface area contributed by atoms with Crippen molar-refractivity contribution in [2.24, 2.45) is 5.92 Å². The lowest BCUT2D eigenvalue weighted by Gasteiger charge is -2.46. The number of morpholine rings is 1. The predicted octanol–water partition coefficient (Wildman–Crippen LogP) is 0.779. The lowest BCUT2D eigenvalue weighted by molar-refractivity contribution is -0.0416. The van der Waals surface area contributed by atoms with E-state index in [0.717, 1.165) is 32.2 Å². The third kappa shape index (κ3) is 3.30. The monoisotopic (exact) mass is 267 g/mol. The molecule has 4 heteroatoms. The highest BCUT2D eigenvalue weighted by atomic mass is 16.5. The fourth-order valence-electron chi connectivity index (χ4n) is 3.81. The van der Waals surface area contributed by atoms with Crippen LogP contribution >= 0.6 is 0 Å². The molecule has 0 aromatic carbocycles. The van der Waals surface area contributed by atoms with Gasteiger partial charge in [0.1, 0.15) is 0 Å². The van der Waals surface area contributed by atoms with Crippen molar-refractivity contribution in [1.29, 1.82) is 0 Å². The van der Waals surface area contributed by atoms with Gasteiger partial charge in [0.25, 0.3) is 0 Å². The molecule has 4 aliphatic heterocycles. The molecule has 0 radical (unpaired) electrons. The van der Waals surface area contributed by atoms with E-state index in [0.29, 0.717) is 18.2 Å². The number of hydrogen-bond donors (Lipinski definition) is 1. The maximum atomic E-state index is 5.91. The molecule has 0 aromatic rings. The maximum Gasteiger partial charge on any atom is 0.0826 e. The van der Waals surface area contributed by atoms with E-state index in [1.807, 2.05) is 0 Å². The average Bonchev–Trinajstić information content (AvgIpc) is 2.47. The molecule has 1 N–H and O–H groups in total. The van der Waals surface area contributed by atoms with Crippen LogP contribution in [0.3, 0.4) is 0 Å². The molecule has 110 valence electrons. The molecular formula is C15H29N3O. The number of fused-ring (bicyclic) bond motifs is 3. The van der Waals surface area contributed by atoms with Gasteiger partial charge < -0.3 is 15.0 Å². The Morgan fingerprint density at radius 2 is 1.95 bits per heavy atom. The van der Waals surface area contributed by atoms with E-state index >= 15 is 0 Å². The van der Waals surface area contributed by atoms with Crippen molar-refractivity contribution in [3.63, 3.8) is 0 Å². The summed E-state index contributed by atoms with van der Waals surface area (Å²) in [5.41, 5.74) is 0. The van der Waals surface area contributed by atoms with Crippen LogP contribution in [0.4, 0.5) is 0 Å². The van der Waals surface area contributed by atoms with Crippen LogP contribution in [0, 0.1) is 5.92 Å². The van der Waals surface area contributed by atoms with Gasteiger partial charge in [-0.05, 0) is 45.7 Å². The van der Waals surface area contributed by atoms with E-state index < -0.39 is 0 Å². The van der Waals surface area contributed by atoms with Gasteiger partial charge in [0.15, 0.2) is 0 Å². The smallest absolute Gasteiger partial charge is 0.0826 e. The number of rotatable bonds is 4. The maximum absolute atomic E-state index is 5.91. The van der Waals surface area contributed by atoms with Gasteiger partial charge in [-0.15, -0.1) is 0 Å². The van der Waals surface area contributed by atoms with Gasteiger partial charge in [0, 0.05) is 38.3 Å². The zero-order chi connectivity index (χ0) is 13.2. The summed E-state index contributed by atoms with van der Waals surface area (Å²) in [6.07, 6.45) is 3.16. The largest absolute Gasteiger partial charge is 0.374 e. The fraction of sp³-hybridized carbons (Fsp3) is 1.00. The number of nitrogens with zero attached hydrogens (tertiary/aromatic N) is 2. The second-order valence-corrected chi connectivity index (χ2v) is 6.73. The number of piperidine rings is 3. The minimum atomic E-state index is 0.381. The highest BCUT2D eigenvalue weighted by Crippen LogP contribution is 2.27. The van der Waals surface area contributed by atoms with Gasteiger partial charge in [0.05, 0.1) is 12.7 Å². The Morgan fingerprint density at radius 1 is 1.16 bits per heavy atom. The molecule has 4 nitrogen and oxygen atoms in total. The van der Waals surface area contributed by atoms with Crippen LogP contribution in [0.1, 0.15) is 26.7 Å². The van der Waals surface area contributed by atoms with E-state index in [1.165, 1.54) is 32.5 Å². The van der Waals surface area contributed by atoms with E-state index in [9.17, 15) is 0 Å². The molecule has 0 aromatic heterocycles. The Bertz CT molecular complexity index is 289. The Kier molecular flexibility index (Phi) is 4.42. The quantitative estimate of drug-likeness (QED) is 0.815. The molecule has 4 aliphatic rings. The minimum Gasteiger partial charge on any atom is -0.374 e. The van der Waals surface area contributed by atoms with Crippen LogP contribution in [0.15, 0.2) is 0 Å². The van der Waals surface area contributed by atoms with Gasteiger partial charge in [-0.3, -0.25) is 4.90 Å². The SMILES string of the molecule is CC(C)N1CCOC(CNC2CN3CCC2CC3)C1. The van der Waals surface area contributed by atoms with Crippen molar-refractivity contribution in [1.82, 2.24) is 15.1 Å². The van der Waals surface area contributed by atoms with Crippen molar-refractivity contribution in [3.05, 3.63) is 0 Å². The van der Waals surface area contributed by atoms with Crippen LogP contribution in [0.25, 0.3) is 0 Å². The first-order chi connectivity index (χ1) is 9.22. The minimum absolute atomic E-state index is 0.381. The third-order valence-corrected chi connectivity index (χ3v) is 5.16. The van der Waals surface area contributed by atoms with Crippen molar-refractivity contribution in [2.75, 3.05) is 45.9 Å².